The van der Waals surface area contributed by atoms with Crippen molar-refractivity contribution in [2.45, 2.75) is 116 Å². The lowest BCUT2D eigenvalue weighted by Gasteiger charge is -2.47. The van der Waals surface area contributed by atoms with Crippen molar-refractivity contribution in [3.8, 4) is 11.5 Å². The van der Waals surface area contributed by atoms with Gasteiger partial charge in [-0.3, -0.25) is 4.79 Å². The van der Waals surface area contributed by atoms with Crippen LogP contribution >= 0.6 is 0 Å². The SMILES string of the molecule is CC(CCCc1ccc(F)cc1)c1cc(OC(=O)CCCN2CCCCC2)c2c(c1)OC(C)C1CCC(C)(C)CC21. The lowest BCUT2D eigenvalue weighted by atomic mass is 9.62. The number of carbonyl (C=O) groups excluding carboxylic acids is 1. The van der Waals surface area contributed by atoms with E-state index in [0.717, 1.165) is 80.8 Å². The Bertz CT molecular complexity index is 1170. The summed E-state index contributed by atoms with van der Waals surface area (Å²) in [5.41, 5.74) is 3.70. The lowest BCUT2D eigenvalue weighted by molar-refractivity contribution is -0.134. The second-order valence-electron chi connectivity index (χ2n) is 13.8. The molecule has 0 amide bonds. The van der Waals surface area contributed by atoms with Crippen molar-refractivity contribution >= 4 is 5.97 Å². The van der Waals surface area contributed by atoms with Gasteiger partial charge >= 0.3 is 5.97 Å². The first kappa shape index (κ1) is 30.1. The molecule has 4 nitrogen and oxygen atoms in total. The Morgan fingerprint density at radius 1 is 1.12 bits per heavy atom. The number of piperidine rings is 1. The predicted molar refractivity (Wildman–Crippen MR) is 163 cm³/mol. The molecule has 4 atom stereocenters. The number of esters is 1. The summed E-state index contributed by atoms with van der Waals surface area (Å²) in [5, 5.41) is 0. The number of aryl methyl sites for hydroxylation is 1. The number of halogens is 1. The molecule has 1 aliphatic carbocycles. The van der Waals surface area contributed by atoms with Crippen molar-refractivity contribution in [2.75, 3.05) is 19.6 Å². The average Bonchev–Trinajstić information content (AvgIpc) is 2.93. The van der Waals surface area contributed by atoms with Crippen molar-refractivity contribution in [3.63, 3.8) is 0 Å². The van der Waals surface area contributed by atoms with Crippen molar-refractivity contribution in [2.24, 2.45) is 11.3 Å². The summed E-state index contributed by atoms with van der Waals surface area (Å²) >= 11 is 0. The molecule has 5 rings (SSSR count). The van der Waals surface area contributed by atoms with Crippen LogP contribution in [0.4, 0.5) is 4.39 Å². The van der Waals surface area contributed by atoms with Gasteiger partial charge in [0, 0.05) is 17.9 Å². The van der Waals surface area contributed by atoms with Crippen molar-refractivity contribution in [1.29, 1.82) is 0 Å². The molecular weight excluding hydrogens is 513 g/mol. The number of nitrogens with zero attached hydrogens (tertiary/aromatic N) is 1. The minimum absolute atomic E-state index is 0.129. The zero-order valence-electron chi connectivity index (χ0n) is 25.7. The normalized spacial score (nSPS) is 24.6. The minimum Gasteiger partial charge on any atom is -0.490 e. The number of carbonyl (C=O) groups is 1. The molecule has 3 aliphatic rings. The maximum absolute atomic E-state index is 13.3. The van der Waals surface area contributed by atoms with Gasteiger partial charge in [-0.2, -0.15) is 0 Å². The Hall–Kier alpha value is -2.40. The largest absolute Gasteiger partial charge is 0.490 e. The van der Waals surface area contributed by atoms with Crippen LogP contribution in [0.3, 0.4) is 0 Å². The molecule has 2 aliphatic heterocycles. The van der Waals surface area contributed by atoms with Gasteiger partial charge in [0.05, 0.1) is 6.10 Å². The van der Waals surface area contributed by atoms with E-state index in [0.29, 0.717) is 18.3 Å². The van der Waals surface area contributed by atoms with E-state index in [1.165, 1.54) is 43.4 Å². The molecule has 1 saturated carbocycles. The Balaban J connectivity index is 1.33. The highest BCUT2D eigenvalue weighted by Gasteiger charge is 2.44. The standard InChI is InChI=1S/C36H50FNO3/c1-25(10-8-11-27-13-15-29(37)16-14-27)28-22-32-35(31-24-36(3,4)18-17-30(31)26(2)40-32)33(23-28)41-34(39)12-9-21-38-19-6-5-7-20-38/h13-16,22-23,25-26,30-31H,5-12,17-21,24H2,1-4H3. The van der Waals surface area contributed by atoms with Gasteiger partial charge in [0.15, 0.2) is 0 Å². The lowest BCUT2D eigenvalue weighted by Crippen LogP contribution is -2.40. The maximum Gasteiger partial charge on any atom is 0.311 e. The van der Waals surface area contributed by atoms with Gasteiger partial charge in [-0.1, -0.05) is 39.3 Å². The quantitative estimate of drug-likeness (QED) is 0.214. The highest BCUT2D eigenvalue weighted by atomic mass is 19.1. The van der Waals surface area contributed by atoms with Crippen LogP contribution in [0.2, 0.25) is 0 Å². The second kappa shape index (κ2) is 13.3. The van der Waals surface area contributed by atoms with E-state index in [4.69, 9.17) is 9.47 Å². The molecule has 0 aromatic heterocycles. The zero-order chi connectivity index (χ0) is 29.0. The smallest absolute Gasteiger partial charge is 0.311 e. The number of fused-ring (bicyclic) bond motifs is 3. The fourth-order valence-corrected chi connectivity index (χ4v) is 7.46. The molecule has 2 aromatic carbocycles. The van der Waals surface area contributed by atoms with Gasteiger partial charge in [0.25, 0.3) is 0 Å². The number of hydrogen-bond acceptors (Lipinski definition) is 4. The van der Waals surface area contributed by atoms with Crippen LogP contribution in [0.1, 0.15) is 120 Å². The van der Waals surface area contributed by atoms with Crippen molar-refractivity contribution in [3.05, 3.63) is 58.9 Å². The predicted octanol–water partition coefficient (Wildman–Crippen LogP) is 8.81. The van der Waals surface area contributed by atoms with E-state index in [1.807, 2.05) is 12.1 Å². The molecule has 4 unspecified atom stereocenters. The molecule has 2 aromatic rings. The summed E-state index contributed by atoms with van der Waals surface area (Å²) in [4.78, 5) is 15.7. The zero-order valence-corrected chi connectivity index (χ0v) is 25.7. The molecule has 224 valence electrons. The molecular formula is C36H50FNO3. The second-order valence-corrected chi connectivity index (χ2v) is 13.8. The number of likely N-dealkylation sites (tertiary alicyclic amines) is 1. The van der Waals surface area contributed by atoms with Crippen LogP contribution in [0.15, 0.2) is 36.4 Å². The molecule has 0 radical (unpaired) electrons. The van der Waals surface area contributed by atoms with Crippen LogP contribution in [0, 0.1) is 17.2 Å². The summed E-state index contributed by atoms with van der Waals surface area (Å²) in [5.74, 6) is 2.40. The number of benzene rings is 2. The average molecular weight is 564 g/mol. The van der Waals surface area contributed by atoms with Gasteiger partial charge in [0.1, 0.15) is 17.3 Å². The number of rotatable bonds is 10. The van der Waals surface area contributed by atoms with E-state index in [-0.39, 0.29) is 29.2 Å². The van der Waals surface area contributed by atoms with Gasteiger partial charge in [-0.05, 0) is 137 Å². The topological polar surface area (TPSA) is 38.8 Å². The highest BCUT2D eigenvalue weighted by molar-refractivity contribution is 5.73. The molecule has 41 heavy (non-hydrogen) atoms. The summed E-state index contributed by atoms with van der Waals surface area (Å²) in [6.45, 7) is 12.5. The van der Waals surface area contributed by atoms with E-state index in [9.17, 15) is 9.18 Å². The minimum atomic E-state index is -0.192. The van der Waals surface area contributed by atoms with Gasteiger partial charge < -0.3 is 14.4 Å². The molecule has 0 bridgehead atoms. The first-order valence-electron chi connectivity index (χ1n) is 16.2. The summed E-state index contributed by atoms with van der Waals surface area (Å²) in [6.07, 6.45) is 11.6. The van der Waals surface area contributed by atoms with Gasteiger partial charge in [0.2, 0.25) is 0 Å². The van der Waals surface area contributed by atoms with Crippen LogP contribution in [0.5, 0.6) is 11.5 Å². The molecule has 0 N–H and O–H groups in total. The van der Waals surface area contributed by atoms with Crippen LogP contribution in [-0.4, -0.2) is 36.6 Å². The van der Waals surface area contributed by atoms with Gasteiger partial charge in [-0.15, -0.1) is 0 Å². The van der Waals surface area contributed by atoms with Crippen LogP contribution in [-0.2, 0) is 11.2 Å². The van der Waals surface area contributed by atoms with E-state index >= 15 is 0 Å². The fraction of sp³-hybridized carbons (Fsp3) is 0.639. The molecule has 2 heterocycles. The molecule has 1 saturated heterocycles. The number of ether oxygens (including phenoxy) is 2. The van der Waals surface area contributed by atoms with E-state index < -0.39 is 0 Å². The third-order valence-corrected chi connectivity index (χ3v) is 9.97. The Kier molecular flexibility index (Phi) is 9.74. The number of hydrogen-bond donors (Lipinski definition) is 0. The highest BCUT2D eigenvalue weighted by Crippen LogP contribution is 2.56. The van der Waals surface area contributed by atoms with Crippen LogP contribution in [0.25, 0.3) is 0 Å². The van der Waals surface area contributed by atoms with Crippen LogP contribution < -0.4 is 9.47 Å². The molecule has 2 fully saturated rings. The maximum atomic E-state index is 13.3. The third kappa shape index (κ3) is 7.71. The van der Waals surface area contributed by atoms with Gasteiger partial charge in [-0.25, -0.2) is 4.39 Å². The summed E-state index contributed by atoms with van der Waals surface area (Å²) in [6, 6.07) is 11.2. The first-order valence-corrected chi connectivity index (χ1v) is 16.2. The molecule has 0 spiro atoms. The summed E-state index contributed by atoms with van der Waals surface area (Å²) in [7, 11) is 0. The molecule has 5 heteroatoms. The fourth-order valence-electron chi connectivity index (χ4n) is 7.46. The van der Waals surface area contributed by atoms with E-state index in [1.54, 1.807) is 0 Å². The Morgan fingerprint density at radius 2 is 1.88 bits per heavy atom. The Labute approximate surface area is 247 Å². The van der Waals surface area contributed by atoms with Crippen molar-refractivity contribution < 1.29 is 18.7 Å². The third-order valence-electron chi connectivity index (χ3n) is 9.97. The summed E-state index contributed by atoms with van der Waals surface area (Å²) < 4.78 is 26.2. The van der Waals surface area contributed by atoms with E-state index in [2.05, 4.69) is 44.7 Å². The monoisotopic (exact) mass is 563 g/mol. The van der Waals surface area contributed by atoms with Crippen molar-refractivity contribution in [1.82, 2.24) is 4.90 Å². The Morgan fingerprint density at radius 3 is 2.63 bits per heavy atom. The first-order chi connectivity index (χ1) is 19.7.